The molecule has 5 rings (SSSR count). The van der Waals surface area contributed by atoms with E-state index in [4.69, 9.17) is 25.7 Å². The van der Waals surface area contributed by atoms with E-state index >= 15 is 0 Å². The third-order valence-corrected chi connectivity index (χ3v) is 7.81. The third kappa shape index (κ3) is 6.20. The zero-order valence-electron chi connectivity index (χ0n) is 24.9. The van der Waals surface area contributed by atoms with Crippen molar-refractivity contribution in [2.45, 2.75) is 76.8 Å². The first-order valence-corrected chi connectivity index (χ1v) is 14.3. The van der Waals surface area contributed by atoms with Crippen LogP contribution in [0.4, 0.5) is 16.3 Å². The molecule has 0 radical (unpaired) electrons. The number of urea groups is 1. The van der Waals surface area contributed by atoms with Crippen molar-refractivity contribution in [2.75, 3.05) is 43.4 Å². The molecule has 0 aliphatic carbocycles. The minimum Gasteiger partial charge on any atom is -0.395 e. The highest BCUT2D eigenvalue weighted by molar-refractivity contribution is 5.90. The van der Waals surface area contributed by atoms with Crippen molar-refractivity contribution in [3.63, 3.8) is 0 Å². The molecule has 2 saturated heterocycles. The first-order chi connectivity index (χ1) is 19.9. The second-order valence-electron chi connectivity index (χ2n) is 12.4. The van der Waals surface area contributed by atoms with Crippen molar-refractivity contribution in [3.8, 4) is 0 Å². The van der Waals surface area contributed by atoms with Gasteiger partial charge in [-0.2, -0.15) is 0 Å². The number of fused-ring (bicyclic) bond motifs is 2. The maximum Gasteiger partial charge on any atom is 0.319 e. The number of carbonyl (C=O) groups excluding carboxylic acids is 1. The van der Waals surface area contributed by atoms with E-state index in [-0.39, 0.29) is 30.0 Å². The Balaban J connectivity index is 1.28. The lowest BCUT2D eigenvalue weighted by molar-refractivity contribution is -0.198. The van der Waals surface area contributed by atoms with Crippen molar-refractivity contribution >= 4 is 28.7 Å². The first kappa shape index (κ1) is 30.1. The first-order valence-electron chi connectivity index (χ1n) is 14.3. The molecule has 2 aromatic heterocycles. The number of imidazole rings is 1. The van der Waals surface area contributed by atoms with Gasteiger partial charge in [0.2, 0.25) is 0 Å². The van der Waals surface area contributed by atoms with Crippen LogP contribution in [0.2, 0.25) is 0 Å². The number of nitrogens with two attached hydrogens (primary N) is 2. The smallest absolute Gasteiger partial charge is 0.319 e. The highest BCUT2D eigenvalue weighted by Crippen LogP contribution is 2.44. The molecule has 0 unspecified atom stereocenters. The summed E-state index contributed by atoms with van der Waals surface area (Å²) in [6.45, 7) is 12.1. The van der Waals surface area contributed by atoms with Crippen molar-refractivity contribution in [2.24, 2.45) is 5.73 Å². The number of aliphatic hydroxyl groups excluding tert-OH is 1. The SMILES string of the molecule is CC1(C)O[C@@H]2[C@H](O1)[C@@H](CN(CCO)CCCN(C(N)=O)c1ccc(C(C)(C)C)cc1)O[C@H]2n1cnc2c(N)ncnc21. The summed E-state index contributed by atoms with van der Waals surface area (Å²) in [4.78, 5) is 28.8. The van der Waals surface area contributed by atoms with Crippen molar-refractivity contribution in [1.82, 2.24) is 24.4 Å². The summed E-state index contributed by atoms with van der Waals surface area (Å²) in [6.07, 6.45) is 2.00. The van der Waals surface area contributed by atoms with Crippen LogP contribution in [0.15, 0.2) is 36.9 Å². The topological polar surface area (TPSA) is 167 Å². The van der Waals surface area contributed by atoms with Gasteiger partial charge in [0.15, 0.2) is 23.5 Å². The van der Waals surface area contributed by atoms with Gasteiger partial charge < -0.3 is 30.8 Å². The molecule has 3 aromatic rings. The second-order valence-corrected chi connectivity index (χ2v) is 12.4. The Bertz CT molecular complexity index is 1390. The number of primary amides is 1. The number of ether oxygens (including phenoxy) is 3. The number of carbonyl (C=O) groups is 1. The lowest BCUT2D eigenvalue weighted by Crippen LogP contribution is -2.43. The van der Waals surface area contributed by atoms with Gasteiger partial charge in [0.25, 0.3) is 0 Å². The van der Waals surface area contributed by atoms with Gasteiger partial charge in [0.05, 0.1) is 12.9 Å². The van der Waals surface area contributed by atoms with E-state index in [0.29, 0.717) is 43.8 Å². The molecule has 42 heavy (non-hydrogen) atoms. The van der Waals surface area contributed by atoms with E-state index < -0.39 is 24.2 Å². The minimum absolute atomic E-state index is 0.0104. The van der Waals surface area contributed by atoms with Crippen LogP contribution >= 0.6 is 0 Å². The van der Waals surface area contributed by atoms with E-state index in [1.165, 1.54) is 11.9 Å². The Morgan fingerprint density at radius 2 is 1.79 bits per heavy atom. The monoisotopic (exact) mass is 582 g/mol. The molecule has 0 spiro atoms. The fourth-order valence-electron chi connectivity index (χ4n) is 5.74. The zero-order valence-corrected chi connectivity index (χ0v) is 24.9. The van der Waals surface area contributed by atoms with Gasteiger partial charge in [-0.25, -0.2) is 19.7 Å². The number of hydrogen-bond acceptors (Lipinski definition) is 10. The molecule has 13 nitrogen and oxygen atoms in total. The summed E-state index contributed by atoms with van der Waals surface area (Å²) in [6, 6.07) is 7.42. The molecule has 2 amide bonds. The molecule has 2 aliphatic rings. The number of nitrogen functional groups attached to an aromatic ring is 1. The van der Waals surface area contributed by atoms with E-state index in [1.807, 2.05) is 42.7 Å². The standard InChI is InChI=1S/C29H42N8O5/c1-28(2,3)18-7-9-19(10-8-18)36(27(31)39)12-6-11-35(13-14-38)15-20-22-23(42-29(4,5)41-22)26(40-20)37-17-34-21-24(30)32-16-33-25(21)37/h7-10,16-17,20,22-23,26,38H,6,11-15H2,1-5H3,(H2,31,39)(H2,30,32,33)/t20-,22-,23-,26-/m1/s1. The number of hydrogen-bond donors (Lipinski definition) is 3. The van der Waals surface area contributed by atoms with Crippen molar-refractivity contribution in [1.29, 1.82) is 0 Å². The molecule has 228 valence electrons. The largest absolute Gasteiger partial charge is 0.395 e. The molecule has 0 bridgehead atoms. The molecular formula is C29H42N8O5. The predicted molar refractivity (Wildman–Crippen MR) is 158 cm³/mol. The van der Waals surface area contributed by atoms with Gasteiger partial charge in [0.1, 0.15) is 30.2 Å². The van der Waals surface area contributed by atoms with E-state index in [2.05, 4.69) is 40.6 Å². The summed E-state index contributed by atoms with van der Waals surface area (Å²) < 4.78 is 20.9. The summed E-state index contributed by atoms with van der Waals surface area (Å²) in [7, 11) is 0. The van der Waals surface area contributed by atoms with Crippen LogP contribution in [0.25, 0.3) is 11.2 Å². The highest BCUT2D eigenvalue weighted by atomic mass is 16.8. The van der Waals surface area contributed by atoms with Crippen LogP contribution in [0.1, 0.15) is 52.8 Å². The lowest BCUT2D eigenvalue weighted by Gasteiger charge is -2.29. The fraction of sp³-hybridized carbons (Fsp3) is 0.586. The fourth-order valence-corrected chi connectivity index (χ4v) is 5.74. The Hall–Kier alpha value is -3.36. The highest BCUT2D eigenvalue weighted by Gasteiger charge is 2.56. The van der Waals surface area contributed by atoms with Gasteiger partial charge in [0, 0.05) is 31.9 Å². The van der Waals surface area contributed by atoms with Gasteiger partial charge in [-0.15, -0.1) is 0 Å². The van der Waals surface area contributed by atoms with Gasteiger partial charge in [-0.1, -0.05) is 32.9 Å². The maximum atomic E-state index is 12.3. The number of nitrogens with zero attached hydrogens (tertiary/aromatic N) is 6. The van der Waals surface area contributed by atoms with Crippen LogP contribution in [0.5, 0.6) is 0 Å². The summed E-state index contributed by atoms with van der Waals surface area (Å²) in [5.74, 6) is -0.509. The van der Waals surface area contributed by atoms with Crippen LogP contribution in [-0.2, 0) is 19.6 Å². The molecule has 4 atom stereocenters. The average molecular weight is 583 g/mol. The van der Waals surface area contributed by atoms with Gasteiger partial charge in [-0.3, -0.25) is 14.4 Å². The number of amides is 2. The van der Waals surface area contributed by atoms with E-state index in [0.717, 1.165) is 5.69 Å². The van der Waals surface area contributed by atoms with Gasteiger partial charge in [-0.05, 0) is 43.4 Å². The molecule has 13 heteroatoms. The van der Waals surface area contributed by atoms with Crippen LogP contribution in [0, 0.1) is 0 Å². The Labute approximate surface area is 245 Å². The zero-order chi connectivity index (χ0) is 30.2. The summed E-state index contributed by atoms with van der Waals surface area (Å²) in [5, 5.41) is 9.83. The van der Waals surface area contributed by atoms with E-state index in [1.54, 1.807) is 11.2 Å². The Kier molecular flexibility index (Phi) is 8.41. The average Bonchev–Trinajstić information content (AvgIpc) is 3.58. The summed E-state index contributed by atoms with van der Waals surface area (Å²) >= 11 is 0. The summed E-state index contributed by atoms with van der Waals surface area (Å²) in [5.41, 5.74) is 14.7. The number of aliphatic hydroxyl groups is 1. The van der Waals surface area contributed by atoms with Crippen molar-refractivity contribution < 1.29 is 24.1 Å². The minimum atomic E-state index is -0.799. The number of benzene rings is 1. The number of aromatic nitrogens is 4. The second kappa shape index (κ2) is 11.7. The molecule has 1 aromatic carbocycles. The van der Waals surface area contributed by atoms with Crippen LogP contribution < -0.4 is 16.4 Å². The van der Waals surface area contributed by atoms with E-state index in [9.17, 15) is 9.90 Å². The molecule has 0 saturated carbocycles. The molecular weight excluding hydrogens is 540 g/mol. The van der Waals surface area contributed by atoms with Crippen LogP contribution in [0.3, 0.4) is 0 Å². The van der Waals surface area contributed by atoms with Crippen molar-refractivity contribution in [3.05, 3.63) is 42.5 Å². The Morgan fingerprint density at radius 1 is 1.07 bits per heavy atom. The third-order valence-electron chi connectivity index (χ3n) is 7.81. The Morgan fingerprint density at radius 3 is 2.45 bits per heavy atom. The van der Waals surface area contributed by atoms with Crippen LogP contribution in [-0.4, -0.2) is 92.4 Å². The predicted octanol–water partition coefficient (Wildman–Crippen LogP) is 2.39. The van der Waals surface area contributed by atoms with Gasteiger partial charge >= 0.3 is 6.03 Å². The molecule has 4 heterocycles. The molecule has 2 aliphatic heterocycles. The quantitative estimate of drug-likeness (QED) is 0.323. The maximum absolute atomic E-state index is 12.3. The number of rotatable bonds is 10. The lowest BCUT2D eigenvalue weighted by atomic mass is 9.87. The molecule has 2 fully saturated rings. The normalized spacial score (nSPS) is 23.5. The molecule has 5 N–H and O–H groups in total. The number of anilines is 2.